The Morgan fingerprint density at radius 2 is 1.62 bits per heavy atom. The summed E-state index contributed by atoms with van der Waals surface area (Å²) in [5.41, 5.74) is 2.83. The molecule has 1 aromatic heterocycles. The van der Waals surface area contributed by atoms with Gasteiger partial charge in [0, 0.05) is 26.2 Å². The van der Waals surface area contributed by atoms with Crippen molar-refractivity contribution >= 4 is 40.6 Å². The first-order valence-corrected chi connectivity index (χ1v) is 9.22. The molecule has 1 aliphatic rings. The van der Waals surface area contributed by atoms with Crippen molar-refractivity contribution in [2.45, 2.75) is 0 Å². The van der Waals surface area contributed by atoms with E-state index in [1.807, 2.05) is 36.2 Å². The zero-order valence-electron chi connectivity index (χ0n) is 16.2. The van der Waals surface area contributed by atoms with Crippen LogP contribution >= 0.6 is 0 Å². The number of fused-ring (bicyclic) bond motifs is 2. The third-order valence-electron chi connectivity index (χ3n) is 4.83. The molecular weight excluding hydrogens is 368 g/mol. The van der Waals surface area contributed by atoms with Crippen molar-refractivity contribution in [3.63, 3.8) is 0 Å². The quantitative estimate of drug-likeness (QED) is 0.507. The lowest BCUT2D eigenvalue weighted by Crippen LogP contribution is -2.43. The highest BCUT2D eigenvalue weighted by atomic mass is 16.5. The van der Waals surface area contributed by atoms with E-state index in [2.05, 4.69) is 9.97 Å². The van der Waals surface area contributed by atoms with Gasteiger partial charge in [0.25, 0.3) is 5.91 Å². The summed E-state index contributed by atoms with van der Waals surface area (Å²) in [5.74, 6) is 0.699. The van der Waals surface area contributed by atoms with Crippen molar-refractivity contribution in [1.82, 2.24) is 9.97 Å². The van der Waals surface area contributed by atoms with Crippen LogP contribution in [0.15, 0.2) is 54.6 Å². The SMILES string of the molecule is COC(=O)c1ccc(C=CC(=O)N2CCN(C)c3nc4ccccc4nc32)cc1. The Kier molecular flexibility index (Phi) is 4.95. The van der Waals surface area contributed by atoms with Crippen LogP contribution in [-0.4, -0.2) is 49.1 Å². The number of esters is 1. The lowest BCUT2D eigenvalue weighted by molar-refractivity contribution is -0.114. The summed E-state index contributed by atoms with van der Waals surface area (Å²) in [7, 11) is 3.29. The maximum Gasteiger partial charge on any atom is 0.337 e. The molecule has 0 saturated heterocycles. The maximum absolute atomic E-state index is 12.9. The van der Waals surface area contributed by atoms with Gasteiger partial charge in [-0.15, -0.1) is 0 Å². The van der Waals surface area contributed by atoms with Crippen molar-refractivity contribution in [3.05, 3.63) is 65.7 Å². The van der Waals surface area contributed by atoms with Crippen LogP contribution in [0.4, 0.5) is 11.6 Å². The molecule has 1 amide bonds. The molecule has 0 fully saturated rings. The number of aromatic nitrogens is 2. The topological polar surface area (TPSA) is 75.6 Å². The van der Waals surface area contributed by atoms with Gasteiger partial charge < -0.3 is 9.64 Å². The minimum Gasteiger partial charge on any atom is -0.465 e. The number of rotatable bonds is 3. The first-order chi connectivity index (χ1) is 14.1. The number of likely N-dealkylation sites (N-methyl/N-ethyl adjacent to an activating group) is 1. The number of anilines is 2. The molecule has 0 radical (unpaired) electrons. The van der Waals surface area contributed by atoms with Crippen LogP contribution in [0.1, 0.15) is 15.9 Å². The Bertz CT molecular complexity index is 1110. The number of benzene rings is 2. The highest BCUT2D eigenvalue weighted by Crippen LogP contribution is 2.30. The third kappa shape index (κ3) is 3.67. The lowest BCUT2D eigenvalue weighted by atomic mass is 10.1. The number of carbonyl (C=O) groups excluding carboxylic acids is 2. The largest absolute Gasteiger partial charge is 0.465 e. The molecule has 0 aliphatic carbocycles. The molecule has 0 unspecified atom stereocenters. The van der Waals surface area contributed by atoms with Crippen molar-refractivity contribution in [3.8, 4) is 0 Å². The van der Waals surface area contributed by atoms with Crippen LogP contribution in [0, 0.1) is 0 Å². The molecule has 0 saturated carbocycles. The van der Waals surface area contributed by atoms with E-state index in [4.69, 9.17) is 4.74 Å². The molecule has 2 aromatic carbocycles. The van der Waals surface area contributed by atoms with E-state index < -0.39 is 5.97 Å². The van der Waals surface area contributed by atoms with E-state index in [1.54, 1.807) is 35.2 Å². The van der Waals surface area contributed by atoms with Gasteiger partial charge in [0.15, 0.2) is 11.6 Å². The zero-order chi connectivity index (χ0) is 20.4. The second-order valence-corrected chi connectivity index (χ2v) is 6.72. The number of para-hydroxylation sites is 2. The fourth-order valence-corrected chi connectivity index (χ4v) is 3.20. The molecule has 0 N–H and O–H groups in total. The molecule has 0 bridgehead atoms. The van der Waals surface area contributed by atoms with Gasteiger partial charge in [-0.25, -0.2) is 14.8 Å². The molecule has 0 spiro atoms. The smallest absolute Gasteiger partial charge is 0.337 e. The molecular formula is C22H20N4O3. The fourth-order valence-electron chi connectivity index (χ4n) is 3.20. The standard InChI is InChI=1S/C22H20N4O3/c1-25-13-14-26(21-20(25)23-17-5-3-4-6-18(17)24-21)19(27)12-9-15-7-10-16(11-8-15)22(28)29-2/h3-12H,13-14H2,1-2H3. The lowest BCUT2D eigenvalue weighted by Gasteiger charge is -2.33. The minimum absolute atomic E-state index is 0.166. The number of carbonyl (C=O) groups is 2. The molecule has 3 aromatic rings. The highest BCUT2D eigenvalue weighted by molar-refractivity contribution is 6.06. The van der Waals surface area contributed by atoms with Crippen LogP contribution in [0.2, 0.25) is 0 Å². The summed E-state index contributed by atoms with van der Waals surface area (Å²) in [6.07, 6.45) is 3.23. The predicted octanol–water partition coefficient (Wildman–Crippen LogP) is 2.91. The van der Waals surface area contributed by atoms with Gasteiger partial charge >= 0.3 is 5.97 Å². The van der Waals surface area contributed by atoms with Crippen LogP contribution in [0.3, 0.4) is 0 Å². The second-order valence-electron chi connectivity index (χ2n) is 6.72. The maximum atomic E-state index is 12.9. The number of hydrogen-bond donors (Lipinski definition) is 0. The van der Waals surface area contributed by atoms with Crippen molar-refractivity contribution in [2.75, 3.05) is 37.0 Å². The summed E-state index contributed by atoms with van der Waals surface area (Å²) in [5, 5.41) is 0. The number of amides is 1. The van der Waals surface area contributed by atoms with E-state index in [0.29, 0.717) is 30.3 Å². The Hall–Kier alpha value is -3.74. The van der Waals surface area contributed by atoms with Crippen molar-refractivity contribution in [1.29, 1.82) is 0 Å². The molecule has 7 nitrogen and oxygen atoms in total. The summed E-state index contributed by atoms with van der Waals surface area (Å²) < 4.78 is 4.69. The average Bonchev–Trinajstić information content (AvgIpc) is 2.76. The van der Waals surface area contributed by atoms with Crippen molar-refractivity contribution < 1.29 is 14.3 Å². The Balaban J connectivity index is 1.59. The Morgan fingerprint density at radius 1 is 0.966 bits per heavy atom. The van der Waals surface area contributed by atoms with E-state index >= 15 is 0 Å². The van der Waals surface area contributed by atoms with Gasteiger partial charge in [-0.2, -0.15) is 0 Å². The second kappa shape index (κ2) is 7.71. The summed E-state index contributed by atoms with van der Waals surface area (Å²) in [6.45, 7) is 1.20. The van der Waals surface area contributed by atoms with Gasteiger partial charge in [0.05, 0.1) is 23.7 Å². The third-order valence-corrected chi connectivity index (χ3v) is 4.83. The molecule has 2 heterocycles. The van der Waals surface area contributed by atoms with Gasteiger partial charge in [0.2, 0.25) is 0 Å². The van der Waals surface area contributed by atoms with E-state index in [0.717, 1.165) is 16.6 Å². The molecule has 0 atom stereocenters. The average molecular weight is 388 g/mol. The summed E-state index contributed by atoms with van der Waals surface area (Å²) in [6, 6.07) is 14.5. The summed E-state index contributed by atoms with van der Waals surface area (Å²) in [4.78, 5) is 37.4. The molecule has 1 aliphatic heterocycles. The fraction of sp³-hybridized carbons (Fsp3) is 0.182. The van der Waals surface area contributed by atoms with Gasteiger partial charge in [-0.05, 0) is 35.9 Å². The van der Waals surface area contributed by atoms with Crippen LogP contribution in [0.25, 0.3) is 17.1 Å². The normalized spacial score (nSPS) is 13.6. The number of hydrogen-bond acceptors (Lipinski definition) is 6. The predicted molar refractivity (Wildman–Crippen MR) is 112 cm³/mol. The highest BCUT2D eigenvalue weighted by Gasteiger charge is 2.27. The van der Waals surface area contributed by atoms with E-state index in [1.165, 1.54) is 13.2 Å². The van der Waals surface area contributed by atoms with Gasteiger partial charge in [0.1, 0.15) is 0 Å². The number of methoxy groups -OCH3 is 1. The molecule has 4 rings (SSSR count). The Labute approximate surface area is 168 Å². The van der Waals surface area contributed by atoms with Crippen LogP contribution in [-0.2, 0) is 9.53 Å². The number of nitrogens with zero attached hydrogens (tertiary/aromatic N) is 4. The zero-order valence-corrected chi connectivity index (χ0v) is 16.2. The van der Waals surface area contributed by atoms with E-state index in [-0.39, 0.29) is 5.91 Å². The first-order valence-electron chi connectivity index (χ1n) is 9.22. The molecule has 7 heteroatoms. The van der Waals surface area contributed by atoms with Crippen molar-refractivity contribution in [2.24, 2.45) is 0 Å². The van der Waals surface area contributed by atoms with Gasteiger partial charge in [-0.3, -0.25) is 9.69 Å². The first kappa shape index (κ1) is 18.6. The minimum atomic E-state index is -0.392. The Morgan fingerprint density at radius 3 is 2.28 bits per heavy atom. The molecule has 29 heavy (non-hydrogen) atoms. The molecule has 146 valence electrons. The number of ether oxygens (including phenoxy) is 1. The van der Waals surface area contributed by atoms with Crippen LogP contribution < -0.4 is 9.80 Å². The monoisotopic (exact) mass is 388 g/mol. The summed E-state index contributed by atoms with van der Waals surface area (Å²) >= 11 is 0. The van der Waals surface area contributed by atoms with Crippen LogP contribution in [0.5, 0.6) is 0 Å². The van der Waals surface area contributed by atoms with Gasteiger partial charge in [-0.1, -0.05) is 24.3 Å². The van der Waals surface area contributed by atoms with E-state index in [9.17, 15) is 9.59 Å².